The van der Waals surface area contributed by atoms with Gasteiger partial charge in [-0.15, -0.1) is 0 Å². The molecular weight excluding hydrogens is 1840 g/mol. The van der Waals surface area contributed by atoms with Crippen molar-refractivity contribution in [1.29, 1.82) is 0 Å². The van der Waals surface area contributed by atoms with Crippen molar-refractivity contribution in [2.45, 2.75) is 157 Å². The van der Waals surface area contributed by atoms with E-state index in [9.17, 15) is 34.2 Å². The molecule has 7 aromatic carbocycles. The van der Waals surface area contributed by atoms with Gasteiger partial charge in [0.15, 0.2) is 0 Å². The van der Waals surface area contributed by atoms with E-state index < -0.39 is 31.8 Å². The molecular formula is C72H96Br7FN10O14S. The second kappa shape index (κ2) is 49.3. The van der Waals surface area contributed by atoms with E-state index in [1.54, 1.807) is 39.8 Å². The minimum atomic E-state index is -4.67. The van der Waals surface area contributed by atoms with Gasteiger partial charge in [-0.3, -0.25) is 38.9 Å². The lowest BCUT2D eigenvalue weighted by atomic mass is 9.97. The normalized spacial score (nSPS) is 15.3. The van der Waals surface area contributed by atoms with Crippen LogP contribution in [0.2, 0.25) is 0 Å². The van der Waals surface area contributed by atoms with Gasteiger partial charge in [0.2, 0.25) is 17.6 Å². The summed E-state index contributed by atoms with van der Waals surface area (Å²) in [6.07, 6.45) is 6.64. The molecule has 1 unspecified atom stereocenters. The number of carbonyl (C=O) groups excluding carboxylic acids is 2. The Balaban J connectivity index is 0.000000599. The zero-order chi connectivity index (χ0) is 78.9. The molecule has 10 rings (SSSR count). The first kappa shape index (κ1) is 97.3. The number of hydrogen-bond donors (Lipinski definition) is 12. The Labute approximate surface area is 674 Å². The molecule has 0 spiro atoms. The first-order valence-corrected chi connectivity index (χ1v) is 39.3. The number of anilines is 7. The van der Waals surface area contributed by atoms with Crippen LogP contribution in [0, 0.1) is 33.0 Å². The van der Waals surface area contributed by atoms with Crippen LogP contribution in [0.1, 0.15) is 111 Å². The molecule has 7 atom stereocenters. The number of hydrogen-bond acceptors (Lipinski definition) is 18. The molecule has 0 saturated carbocycles. The van der Waals surface area contributed by atoms with Gasteiger partial charge >= 0.3 is 16.1 Å². The maximum atomic E-state index is 12.6. The minimum Gasteiger partial charge on any atom is -0.397 e. The number of rotatable bonds is 12. The molecule has 3 aliphatic rings. The summed E-state index contributed by atoms with van der Waals surface area (Å²) < 4.78 is 50.7. The average Bonchev–Trinajstić information content (AvgIpc) is 0.802. The van der Waals surface area contributed by atoms with E-state index in [-0.39, 0.29) is 75.5 Å². The molecule has 0 saturated heterocycles. The number of aliphatic hydroxyl groups is 4. The van der Waals surface area contributed by atoms with Crippen LogP contribution in [0.3, 0.4) is 0 Å². The quantitative estimate of drug-likeness (QED) is 0.0234. The monoisotopic (exact) mass is 1930 g/mol. The molecule has 14 N–H and O–H groups in total. The van der Waals surface area contributed by atoms with Gasteiger partial charge in [-0.05, 0) is 231 Å². The van der Waals surface area contributed by atoms with E-state index in [1.165, 1.54) is 57.4 Å². The van der Waals surface area contributed by atoms with Crippen molar-refractivity contribution in [1.82, 2.24) is 0 Å². The van der Waals surface area contributed by atoms with Crippen LogP contribution in [0.5, 0.6) is 0 Å². The maximum Gasteiger partial charge on any atom is 0.394 e. The number of carbonyl (C=O) groups is 2. The third-order valence-corrected chi connectivity index (χ3v) is 18.4. The number of nitro groups is 2. The van der Waals surface area contributed by atoms with Gasteiger partial charge in [-0.2, -0.15) is 12.8 Å². The smallest absolute Gasteiger partial charge is 0.394 e. The molecule has 3 heterocycles. The Morgan fingerprint density at radius 3 is 1.28 bits per heavy atom. The maximum absolute atomic E-state index is 12.6. The standard InChI is InChI=1S/2C12H14BrNO.C10H14BrNO.C10H12BrN.C9H11BrN2O3.C9H13BrN2O.C6H3BrFNO2.C3H9NO.CH4.H2O4S/c2*1-8-3-4-10-7-11(13)5-6-12(10)14(8)9(2)15;1-7-5-9(11)3-4-10(7)12-8(2)6-13;1-7-2-3-8-6-9(11)4-5-10(8)12-7;1-6(5-13)11-8-3-2-7(10)4-9(8)12(14)15;1-6(5-13)12-9-3-2-7(10)4-8(9)11;7-4-1-2-5(8)6(3-4)9(10)11;1-3(4)2-5;;1-5(2,3)4/h2*5-8H,3-4H2,1-2H3;3-5,8,12-13H,6H2,1-2H3;4-7,12H,2-3H2,1H3;2-4,6,11,13H,5H2,1H3;2-4,6,12-13H,5,11H2,1H3;1-3H;3,5H,2,4H2,1H3;1H4;(H2,1,2,3,4)/t3*8-;7-;2*6-;;;;/m000000..../s1. The van der Waals surface area contributed by atoms with Crippen molar-refractivity contribution < 1.29 is 61.8 Å². The predicted octanol–water partition coefficient (Wildman–Crippen LogP) is 17.8. The van der Waals surface area contributed by atoms with E-state index in [0.29, 0.717) is 38.4 Å². The SMILES string of the molecule is C.CC(=O)N1c2ccc(Br)cc2CC[C@@H]1C.CC(=O)N1c2ccc(Br)cc2CC[C@@H]1C.CC(N)CO.C[C@@H](CO)Nc1ccc(Br)cc1N.C[C@@H](CO)Nc1ccc(Br)cc1[N+](=O)[O-].C[C@H]1CCc2cc(Br)ccc2N1.Cc1cc(Br)ccc1N[C@@H](C)CO.O=S(=O)(O)O.O=[N+]([O-])c1cc(Br)ccc1F. The Kier molecular flexibility index (Phi) is 45.7. The van der Waals surface area contributed by atoms with Crippen LogP contribution in [0.25, 0.3) is 0 Å². The van der Waals surface area contributed by atoms with Crippen molar-refractivity contribution >= 4 is 185 Å². The fourth-order valence-corrected chi connectivity index (χ4v) is 12.6. The molecule has 33 heteroatoms. The van der Waals surface area contributed by atoms with E-state index in [1.807, 2.05) is 91.2 Å². The van der Waals surface area contributed by atoms with E-state index in [4.69, 9.17) is 49.4 Å². The molecule has 0 fully saturated rings. The number of nitrogens with two attached hydrogens (primary N) is 2. The second-order valence-corrected chi connectivity index (χ2v) is 31.5. The highest BCUT2D eigenvalue weighted by Gasteiger charge is 2.27. The van der Waals surface area contributed by atoms with Crippen molar-refractivity contribution in [3.05, 3.63) is 207 Å². The first-order chi connectivity index (χ1) is 48.6. The van der Waals surface area contributed by atoms with Crippen molar-refractivity contribution in [2.75, 3.05) is 63.2 Å². The topological polar surface area (TPSA) is 383 Å². The lowest BCUT2D eigenvalue weighted by molar-refractivity contribution is -0.387. The number of fused-ring (bicyclic) bond motifs is 3. The van der Waals surface area contributed by atoms with Crippen molar-refractivity contribution in [3.8, 4) is 0 Å². The molecule has 7 aromatic rings. The molecule has 580 valence electrons. The lowest BCUT2D eigenvalue weighted by Crippen LogP contribution is -2.40. The summed E-state index contributed by atoms with van der Waals surface area (Å²) in [6.45, 7) is 19.3. The zero-order valence-corrected chi connectivity index (χ0v) is 71.0. The summed E-state index contributed by atoms with van der Waals surface area (Å²) in [5.74, 6) is -0.560. The van der Waals surface area contributed by atoms with Crippen molar-refractivity contribution in [3.63, 3.8) is 0 Å². The van der Waals surface area contributed by atoms with Gasteiger partial charge in [0, 0.05) is 122 Å². The summed E-state index contributed by atoms with van der Waals surface area (Å²) >= 11 is 23.3. The molecule has 24 nitrogen and oxygen atoms in total. The lowest BCUT2D eigenvalue weighted by Gasteiger charge is -2.34. The van der Waals surface area contributed by atoms with Gasteiger partial charge in [-0.25, -0.2) is 0 Å². The van der Waals surface area contributed by atoms with Gasteiger partial charge in [0.1, 0.15) is 5.69 Å². The number of benzene rings is 7. The predicted molar refractivity (Wildman–Crippen MR) is 447 cm³/mol. The number of nitrogen functional groups attached to an aromatic ring is 1. The molecule has 0 bridgehead atoms. The van der Waals surface area contributed by atoms with Gasteiger partial charge in [0.05, 0.1) is 47.6 Å². The fourth-order valence-electron chi connectivity index (χ4n) is 9.81. The molecule has 2 amide bonds. The molecule has 0 radical (unpaired) electrons. The number of aryl methyl sites for hydroxylation is 4. The van der Waals surface area contributed by atoms with Crippen LogP contribution in [-0.4, -0.2) is 128 Å². The summed E-state index contributed by atoms with van der Waals surface area (Å²) in [6, 6.07) is 39.7. The Bertz CT molecular complexity index is 3880. The number of nitrogens with one attached hydrogen (secondary N) is 4. The number of halogens is 8. The van der Waals surface area contributed by atoms with Crippen LogP contribution >= 0.6 is 112 Å². The largest absolute Gasteiger partial charge is 0.397 e. The minimum absolute atomic E-state index is 0. The fraction of sp³-hybridized carbons (Fsp3) is 0.389. The molecule has 105 heavy (non-hydrogen) atoms. The van der Waals surface area contributed by atoms with Crippen LogP contribution in [-0.2, 0) is 39.3 Å². The molecule has 3 aliphatic heterocycles. The Morgan fingerprint density at radius 2 is 0.886 bits per heavy atom. The number of nitro benzene ring substituents is 2. The van der Waals surface area contributed by atoms with Gasteiger partial charge in [0.25, 0.3) is 5.69 Å². The molecule has 0 aromatic heterocycles. The van der Waals surface area contributed by atoms with Crippen LogP contribution < -0.4 is 42.5 Å². The Morgan fingerprint density at radius 1 is 0.552 bits per heavy atom. The number of nitrogens with zero attached hydrogens (tertiary/aromatic N) is 4. The highest BCUT2D eigenvalue weighted by Crippen LogP contribution is 2.35. The number of aliphatic hydroxyl groups excluding tert-OH is 4. The summed E-state index contributed by atoms with van der Waals surface area (Å²) in [7, 11) is -4.67. The van der Waals surface area contributed by atoms with Crippen molar-refractivity contribution in [2.24, 2.45) is 5.73 Å². The van der Waals surface area contributed by atoms with Gasteiger partial charge < -0.3 is 63.0 Å². The summed E-state index contributed by atoms with van der Waals surface area (Å²) in [5.41, 5.74) is 21.9. The highest BCUT2D eigenvalue weighted by atomic mass is 79.9. The molecule has 0 aliphatic carbocycles. The third-order valence-electron chi connectivity index (χ3n) is 14.9. The third kappa shape index (κ3) is 37.3. The number of amides is 2. The van der Waals surface area contributed by atoms with E-state index in [0.717, 1.165) is 78.5 Å². The summed E-state index contributed by atoms with van der Waals surface area (Å²) in [5, 5.41) is 68.0. The summed E-state index contributed by atoms with van der Waals surface area (Å²) in [4.78, 5) is 46.6. The second-order valence-electron chi connectivity index (χ2n) is 24.2. The highest BCUT2D eigenvalue weighted by molar-refractivity contribution is 9.11. The van der Waals surface area contributed by atoms with Crippen LogP contribution in [0.15, 0.2) is 159 Å². The zero-order valence-electron chi connectivity index (χ0n) is 59.1. The van der Waals surface area contributed by atoms with Gasteiger partial charge in [-0.1, -0.05) is 119 Å². The Hall–Kier alpha value is -5.76. The first-order valence-electron chi connectivity index (χ1n) is 32.4. The van der Waals surface area contributed by atoms with E-state index in [2.05, 4.69) is 184 Å². The average molecular weight is 1940 g/mol. The van der Waals surface area contributed by atoms with Crippen LogP contribution in [0.4, 0.5) is 55.6 Å². The van der Waals surface area contributed by atoms with E-state index >= 15 is 0 Å².